The van der Waals surface area contributed by atoms with Crippen molar-refractivity contribution in [3.63, 3.8) is 0 Å². The van der Waals surface area contributed by atoms with Gasteiger partial charge >= 0.3 is 13.8 Å². The average Bonchev–Trinajstić information content (AvgIpc) is 3.12. The number of esters is 1. The molecule has 51 heavy (non-hydrogen) atoms. The van der Waals surface area contributed by atoms with Crippen LogP contribution in [0.1, 0.15) is 162 Å². The van der Waals surface area contributed by atoms with Crippen molar-refractivity contribution < 1.29 is 43.0 Å². The van der Waals surface area contributed by atoms with Crippen molar-refractivity contribution in [2.75, 3.05) is 33.0 Å². The normalized spacial score (nSPS) is 14.7. The Morgan fingerprint density at radius 1 is 0.627 bits per heavy atom. The predicted octanol–water partition coefficient (Wildman–Crippen LogP) is 10.6. The quantitative estimate of drug-likeness (QED) is 0.0245. The number of rotatable bonds is 38. The maximum atomic E-state index is 12.6. The Balaban J connectivity index is 4.21. The van der Waals surface area contributed by atoms with Gasteiger partial charge in [-0.05, 0) is 51.4 Å². The van der Waals surface area contributed by atoms with Gasteiger partial charge in [0.1, 0.15) is 12.2 Å². The number of aliphatic hydroxyl groups is 2. The molecule has 0 aromatic heterocycles. The van der Waals surface area contributed by atoms with Gasteiger partial charge in [0.2, 0.25) is 0 Å². The van der Waals surface area contributed by atoms with Crippen LogP contribution in [0.3, 0.4) is 0 Å². The maximum absolute atomic E-state index is 12.6. The number of carbonyl (C=O) groups is 1. The monoisotopic (exact) mass is 743 g/mol. The van der Waals surface area contributed by atoms with E-state index < -0.39 is 39.2 Å². The first kappa shape index (κ1) is 49.4. The number of carbonyl (C=O) groups excluding carboxylic acids is 1. The summed E-state index contributed by atoms with van der Waals surface area (Å²) in [6.45, 7) is 3.37. The van der Waals surface area contributed by atoms with Gasteiger partial charge in [0.25, 0.3) is 0 Å². The topological polar surface area (TPSA) is 132 Å². The van der Waals surface area contributed by atoms with Crippen LogP contribution >= 0.6 is 7.82 Å². The number of allylic oxidation sites excluding steroid dienone is 8. The third-order valence-corrected chi connectivity index (χ3v) is 9.23. The lowest BCUT2D eigenvalue weighted by Crippen LogP contribution is -2.29. The molecule has 0 aromatic carbocycles. The van der Waals surface area contributed by atoms with Gasteiger partial charge in [-0.1, -0.05) is 152 Å². The molecular weight excluding hydrogens is 667 g/mol. The molecule has 0 aliphatic carbocycles. The molecule has 298 valence electrons. The van der Waals surface area contributed by atoms with E-state index in [0.717, 1.165) is 83.5 Å². The molecule has 0 saturated carbocycles. The van der Waals surface area contributed by atoms with Gasteiger partial charge in [-0.3, -0.25) is 13.8 Å². The van der Waals surface area contributed by atoms with Crippen LogP contribution in [0.2, 0.25) is 0 Å². The Morgan fingerprint density at radius 3 is 1.69 bits per heavy atom. The zero-order chi connectivity index (χ0) is 37.5. The summed E-state index contributed by atoms with van der Waals surface area (Å²) in [5, 5.41) is 18.3. The molecule has 0 rings (SSSR count). The molecule has 0 spiro atoms. The molecule has 0 fully saturated rings. The van der Waals surface area contributed by atoms with E-state index in [4.69, 9.17) is 23.6 Å². The molecule has 0 aliphatic heterocycles. The summed E-state index contributed by atoms with van der Waals surface area (Å²) in [5.41, 5.74) is 0. The second-order valence-corrected chi connectivity index (χ2v) is 14.7. The fourth-order valence-corrected chi connectivity index (χ4v) is 6.02. The number of ether oxygens (including phenoxy) is 2. The summed E-state index contributed by atoms with van der Waals surface area (Å²) in [4.78, 5) is 22.5. The van der Waals surface area contributed by atoms with E-state index in [9.17, 15) is 19.4 Å². The predicted molar refractivity (Wildman–Crippen MR) is 210 cm³/mol. The molecule has 3 atom stereocenters. The number of unbranched alkanes of at least 4 members (excludes halogenated alkanes) is 16. The number of phosphoric ester groups is 1. The third-order valence-electron chi connectivity index (χ3n) is 8.28. The molecule has 10 heteroatoms. The molecule has 0 amide bonds. The fourth-order valence-electron chi connectivity index (χ4n) is 5.23. The van der Waals surface area contributed by atoms with Crippen LogP contribution < -0.4 is 0 Å². The lowest BCUT2D eigenvalue weighted by atomic mass is 10.1. The molecule has 3 N–H and O–H groups in total. The maximum Gasteiger partial charge on any atom is 0.472 e. The van der Waals surface area contributed by atoms with Crippen LogP contribution in [0, 0.1) is 0 Å². The Hall–Kier alpha value is -1.58. The molecule has 0 aliphatic rings. The highest BCUT2D eigenvalue weighted by Crippen LogP contribution is 2.43. The van der Waals surface area contributed by atoms with Gasteiger partial charge in [0, 0.05) is 13.0 Å². The smallest absolute Gasteiger partial charge is 0.457 e. The summed E-state index contributed by atoms with van der Waals surface area (Å²) in [6.07, 6.45) is 40.6. The van der Waals surface area contributed by atoms with Gasteiger partial charge in [0.05, 0.1) is 26.4 Å². The Kier molecular flexibility index (Phi) is 37.0. The minimum atomic E-state index is -4.52. The lowest BCUT2D eigenvalue weighted by Gasteiger charge is -2.20. The van der Waals surface area contributed by atoms with E-state index in [0.29, 0.717) is 13.0 Å². The number of hydrogen-bond acceptors (Lipinski definition) is 8. The minimum Gasteiger partial charge on any atom is -0.457 e. The Labute approximate surface area is 311 Å². The van der Waals surface area contributed by atoms with Crippen molar-refractivity contribution in [1.29, 1.82) is 0 Å². The van der Waals surface area contributed by atoms with E-state index in [-0.39, 0.29) is 19.6 Å². The van der Waals surface area contributed by atoms with Crippen LogP contribution in [0.4, 0.5) is 0 Å². The number of aliphatic hydroxyl groups excluding tert-OH is 2. The summed E-state index contributed by atoms with van der Waals surface area (Å²) >= 11 is 0. The highest BCUT2D eigenvalue weighted by molar-refractivity contribution is 7.47. The van der Waals surface area contributed by atoms with Crippen molar-refractivity contribution in [3.8, 4) is 0 Å². The summed E-state index contributed by atoms with van der Waals surface area (Å²) < 4.78 is 33.2. The Bertz CT molecular complexity index is 934. The van der Waals surface area contributed by atoms with Crippen LogP contribution in [-0.2, 0) is 27.9 Å². The first-order valence-corrected chi connectivity index (χ1v) is 21.6. The molecule has 0 radical (unpaired) electrons. The zero-order valence-electron chi connectivity index (χ0n) is 32.3. The van der Waals surface area contributed by atoms with Gasteiger partial charge in [-0.25, -0.2) is 4.57 Å². The largest absolute Gasteiger partial charge is 0.472 e. The van der Waals surface area contributed by atoms with Crippen LogP contribution in [0.5, 0.6) is 0 Å². The fraction of sp³-hybridized carbons (Fsp3) is 0.780. The molecule has 0 aromatic rings. The van der Waals surface area contributed by atoms with Crippen LogP contribution in [0.25, 0.3) is 0 Å². The molecule has 0 bridgehead atoms. The number of phosphoric acid groups is 1. The lowest BCUT2D eigenvalue weighted by molar-refractivity contribution is -0.154. The van der Waals surface area contributed by atoms with Crippen LogP contribution in [0.15, 0.2) is 48.6 Å². The standard InChI is InChI=1S/C41H75O9P/c1-3-5-7-9-11-13-15-16-17-18-19-20-21-22-23-25-27-29-31-33-41(44)50-40(38-49-51(45,46)48-36-39(43)35-42)37-47-34-32-30-28-26-24-14-12-10-8-6-4-2/h5,7,11,13,16-17,19-20,39-40,42-43H,3-4,6,8-10,12,14-15,18,21-38H2,1-2H3,(H,45,46)/b7-5-,13-11-,17-16-,20-19-. The Morgan fingerprint density at radius 2 is 1.12 bits per heavy atom. The van der Waals surface area contributed by atoms with E-state index >= 15 is 0 Å². The van der Waals surface area contributed by atoms with Crippen molar-refractivity contribution in [2.24, 2.45) is 0 Å². The van der Waals surface area contributed by atoms with Crippen molar-refractivity contribution in [3.05, 3.63) is 48.6 Å². The van der Waals surface area contributed by atoms with Crippen molar-refractivity contribution in [1.82, 2.24) is 0 Å². The van der Waals surface area contributed by atoms with Crippen molar-refractivity contribution in [2.45, 2.75) is 174 Å². The van der Waals surface area contributed by atoms with Crippen molar-refractivity contribution >= 4 is 13.8 Å². The molecule has 0 saturated heterocycles. The van der Waals surface area contributed by atoms with Crippen LogP contribution in [-0.4, -0.2) is 66.3 Å². The SMILES string of the molecule is CC/C=C\C/C=C\C/C=C\C/C=C\CCCCCCCCC(=O)OC(COCCCCCCCCCCCCC)COP(=O)(O)OCC(O)CO. The number of hydrogen-bond donors (Lipinski definition) is 3. The minimum absolute atomic E-state index is 0.0437. The molecular formula is C41H75O9P. The zero-order valence-corrected chi connectivity index (χ0v) is 33.2. The highest BCUT2D eigenvalue weighted by atomic mass is 31.2. The van der Waals surface area contributed by atoms with E-state index in [1.807, 2.05) is 0 Å². The molecule has 0 heterocycles. The van der Waals surface area contributed by atoms with E-state index in [2.05, 4.69) is 62.5 Å². The average molecular weight is 743 g/mol. The van der Waals surface area contributed by atoms with Gasteiger partial charge in [-0.2, -0.15) is 0 Å². The van der Waals surface area contributed by atoms with Gasteiger partial charge < -0.3 is 24.6 Å². The highest BCUT2D eigenvalue weighted by Gasteiger charge is 2.26. The van der Waals surface area contributed by atoms with Gasteiger partial charge in [0.15, 0.2) is 0 Å². The summed E-state index contributed by atoms with van der Waals surface area (Å²) in [5.74, 6) is -0.398. The summed E-state index contributed by atoms with van der Waals surface area (Å²) in [7, 11) is -4.52. The summed E-state index contributed by atoms with van der Waals surface area (Å²) in [6, 6.07) is 0. The molecule has 9 nitrogen and oxygen atoms in total. The second kappa shape index (κ2) is 38.2. The van der Waals surface area contributed by atoms with Gasteiger partial charge in [-0.15, -0.1) is 0 Å². The van der Waals surface area contributed by atoms with E-state index in [1.54, 1.807) is 0 Å². The second-order valence-electron chi connectivity index (χ2n) is 13.3. The van der Waals surface area contributed by atoms with E-state index in [1.165, 1.54) is 51.4 Å². The first-order chi connectivity index (χ1) is 24.8. The molecule has 3 unspecified atom stereocenters. The first-order valence-electron chi connectivity index (χ1n) is 20.1. The third kappa shape index (κ3) is 38.0.